The number of furan rings is 1. The van der Waals surface area contributed by atoms with E-state index in [-0.39, 0.29) is 5.91 Å². The number of piperidine rings is 1. The van der Waals surface area contributed by atoms with E-state index in [2.05, 4.69) is 5.10 Å². The number of hydrogen-bond donors (Lipinski definition) is 1. The van der Waals surface area contributed by atoms with Gasteiger partial charge in [-0.05, 0) is 38.0 Å². The standard InChI is InChI=1S/C15H19N3O3/c1-15(20)6-2-8-17(11-15)14(19)13-5-4-12(21-13)10-18-9-3-7-16-18/h3-5,7,9,20H,2,6,8,10-11H2,1H3. The number of aromatic nitrogens is 2. The lowest BCUT2D eigenvalue weighted by atomic mass is 9.95. The third-order valence-corrected chi connectivity index (χ3v) is 3.71. The molecule has 0 saturated carbocycles. The molecule has 1 N–H and O–H groups in total. The summed E-state index contributed by atoms with van der Waals surface area (Å²) in [6.07, 6.45) is 5.07. The van der Waals surface area contributed by atoms with Crippen LogP contribution in [0.4, 0.5) is 0 Å². The fourth-order valence-corrected chi connectivity index (χ4v) is 2.68. The molecule has 1 aliphatic rings. The van der Waals surface area contributed by atoms with Crippen LogP contribution in [0, 0.1) is 0 Å². The minimum atomic E-state index is -0.807. The van der Waals surface area contributed by atoms with E-state index >= 15 is 0 Å². The van der Waals surface area contributed by atoms with Crippen molar-refractivity contribution >= 4 is 5.91 Å². The smallest absolute Gasteiger partial charge is 0.289 e. The molecule has 6 nitrogen and oxygen atoms in total. The maximum atomic E-state index is 12.4. The first-order valence-corrected chi connectivity index (χ1v) is 7.11. The maximum Gasteiger partial charge on any atom is 0.289 e. The van der Waals surface area contributed by atoms with Crippen LogP contribution in [0.25, 0.3) is 0 Å². The summed E-state index contributed by atoms with van der Waals surface area (Å²) in [6, 6.07) is 5.31. The number of aliphatic hydroxyl groups is 1. The Morgan fingerprint density at radius 3 is 3.10 bits per heavy atom. The van der Waals surface area contributed by atoms with E-state index in [9.17, 15) is 9.90 Å². The van der Waals surface area contributed by atoms with Crippen LogP contribution in [0.1, 0.15) is 36.1 Å². The molecule has 1 fully saturated rings. The fourth-order valence-electron chi connectivity index (χ4n) is 2.68. The number of likely N-dealkylation sites (tertiary alicyclic amines) is 1. The lowest BCUT2D eigenvalue weighted by Gasteiger charge is -2.36. The molecule has 1 aliphatic heterocycles. The van der Waals surface area contributed by atoms with Crippen molar-refractivity contribution in [2.24, 2.45) is 0 Å². The summed E-state index contributed by atoms with van der Waals surface area (Å²) >= 11 is 0. The van der Waals surface area contributed by atoms with Gasteiger partial charge in [-0.15, -0.1) is 0 Å². The zero-order valence-electron chi connectivity index (χ0n) is 12.0. The van der Waals surface area contributed by atoms with Crippen LogP contribution < -0.4 is 0 Å². The Bertz CT molecular complexity index is 616. The van der Waals surface area contributed by atoms with Gasteiger partial charge in [0.25, 0.3) is 5.91 Å². The van der Waals surface area contributed by atoms with Crippen molar-refractivity contribution in [3.8, 4) is 0 Å². The van der Waals surface area contributed by atoms with Gasteiger partial charge in [-0.1, -0.05) is 0 Å². The van der Waals surface area contributed by atoms with E-state index in [1.165, 1.54) is 0 Å². The molecule has 1 amide bonds. The highest BCUT2D eigenvalue weighted by Crippen LogP contribution is 2.22. The highest BCUT2D eigenvalue weighted by Gasteiger charge is 2.32. The largest absolute Gasteiger partial charge is 0.454 e. The minimum Gasteiger partial charge on any atom is -0.454 e. The Morgan fingerprint density at radius 1 is 1.52 bits per heavy atom. The molecule has 3 rings (SSSR count). The fraction of sp³-hybridized carbons (Fsp3) is 0.467. The molecule has 112 valence electrons. The predicted octanol–water partition coefficient (Wildman–Crippen LogP) is 1.51. The number of rotatable bonds is 3. The number of amides is 1. The second-order valence-electron chi connectivity index (χ2n) is 5.80. The summed E-state index contributed by atoms with van der Waals surface area (Å²) in [5.74, 6) is 0.836. The molecule has 2 aromatic heterocycles. The van der Waals surface area contributed by atoms with E-state index in [4.69, 9.17) is 4.42 Å². The quantitative estimate of drug-likeness (QED) is 0.929. The molecule has 2 aromatic rings. The Labute approximate surface area is 123 Å². The topological polar surface area (TPSA) is 71.5 Å². The molecule has 3 heterocycles. The Balaban J connectivity index is 1.69. The van der Waals surface area contributed by atoms with Crippen LogP contribution in [0.15, 0.2) is 35.0 Å². The van der Waals surface area contributed by atoms with Crippen molar-refractivity contribution in [1.29, 1.82) is 0 Å². The molecule has 6 heteroatoms. The molecule has 0 spiro atoms. The molecule has 0 bridgehead atoms. The highest BCUT2D eigenvalue weighted by molar-refractivity contribution is 5.91. The third kappa shape index (κ3) is 3.16. The molecular formula is C15H19N3O3. The maximum absolute atomic E-state index is 12.4. The summed E-state index contributed by atoms with van der Waals surface area (Å²) in [7, 11) is 0. The summed E-state index contributed by atoms with van der Waals surface area (Å²) in [5, 5.41) is 14.2. The monoisotopic (exact) mass is 289 g/mol. The van der Waals surface area contributed by atoms with Crippen molar-refractivity contribution in [3.05, 3.63) is 42.1 Å². The number of nitrogens with zero attached hydrogens (tertiary/aromatic N) is 3. The van der Waals surface area contributed by atoms with Crippen molar-refractivity contribution < 1.29 is 14.3 Å². The summed E-state index contributed by atoms with van der Waals surface area (Å²) in [6.45, 7) is 3.26. The summed E-state index contributed by atoms with van der Waals surface area (Å²) in [4.78, 5) is 14.1. The summed E-state index contributed by atoms with van der Waals surface area (Å²) in [5.41, 5.74) is -0.807. The minimum absolute atomic E-state index is 0.165. The van der Waals surface area contributed by atoms with Crippen LogP contribution in [0.5, 0.6) is 0 Å². The molecule has 0 radical (unpaired) electrons. The van der Waals surface area contributed by atoms with Gasteiger partial charge in [0.05, 0.1) is 12.1 Å². The zero-order valence-corrected chi connectivity index (χ0v) is 12.0. The Morgan fingerprint density at radius 2 is 2.38 bits per heavy atom. The van der Waals surface area contributed by atoms with Crippen molar-refractivity contribution in [2.45, 2.75) is 31.9 Å². The number of carbonyl (C=O) groups is 1. The van der Waals surface area contributed by atoms with Gasteiger partial charge >= 0.3 is 0 Å². The molecule has 1 atom stereocenters. The summed E-state index contributed by atoms with van der Waals surface area (Å²) < 4.78 is 7.34. The van der Waals surface area contributed by atoms with Crippen LogP contribution in [-0.4, -0.2) is 44.4 Å². The average molecular weight is 289 g/mol. The van der Waals surface area contributed by atoms with Crippen LogP contribution in [-0.2, 0) is 6.54 Å². The SMILES string of the molecule is CC1(O)CCCN(C(=O)c2ccc(Cn3cccn3)o2)C1. The van der Waals surface area contributed by atoms with Gasteiger partial charge in [-0.3, -0.25) is 9.48 Å². The van der Waals surface area contributed by atoms with Gasteiger partial charge in [0.2, 0.25) is 0 Å². The zero-order chi connectivity index (χ0) is 14.9. The van der Waals surface area contributed by atoms with Crippen LogP contribution >= 0.6 is 0 Å². The highest BCUT2D eigenvalue weighted by atomic mass is 16.4. The van der Waals surface area contributed by atoms with E-state index in [1.54, 1.807) is 34.8 Å². The first kappa shape index (κ1) is 13.9. The van der Waals surface area contributed by atoms with E-state index < -0.39 is 5.60 Å². The van der Waals surface area contributed by atoms with Gasteiger partial charge in [0.1, 0.15) is 5.76 Å². The van der Waals surface area contributed by atoms with E-state index in [0.29, 0.717) is 31.2 Å². The van der Waals surface area contributed by atoms with Gasteiger partial charge in [-0.2, -0.15) is 5.10 Å². The average Bonchev–Trinajstić information content (AvgIpc) is 3.09. The molecule has 1 saturated heterocycles. The van der Waals surface area contributed by atoms with Crippen LogP contribution in [0.3, 0.4) is 0 Å². The first-order chi connectivity index (χ1) is 10.0. The Kier molecular flexibility index (Phi) is 3.55. The number of β-amino-alcohol motifs (C(OH)–C–C–N with tert-alkyl or cyclic N) is 1. The van der Waals surface area contributed by atoms with Crippen molar-refractivity contribution in [1.82, 2.24) is 14.7 Å². The predicted molar refractivity (Wildman–Crippen MR) is 75.8 cm³/mol. The Hall–Kier alpha value is -2.08. The van der Waals surface area contributed by atoms with Gasteiger partial charge in [0.15, 0.2) is 5.76 Å². The molecular weight excluding hydrogens is 270 g/mol. The number of carbonyl (C=O) groups excluding carboxylic acids is 1. The molecule has 0 aliphatic carbocycles. The van der Waals surface area contributed by atoms with E-state index in [0.717, 1.165) is 12.8 Å². The first-order valence-electron chi connectivity index (χ1n) is 7.11. The number of hydrogen-bond acceptors (Lipinski definition) is 4. The lowest BCUT2D eigenvalue weighted by Crippen LogP contribution is -2.48. The third-order valence-electron chi connectivity index (χ3n) is 3.71. The second kappa shape index (κ2) is 5.37. The van der Waals surface area contributed by atoms with Gasteiger partial charge < -0.3 is 14.4 Å². The molecule has 1 unspecified atom stereocenters. The van der Waals surface area contributed by atoms with Crippen molar-refractivity contribution in [2.75, 3.05) is 13.1 Å². The van der Waals surface area contributed by atoms with Gasteiger partial charge in [0, 0.05) is 25.5 Å². The normalized spacial score (nSPS) is 22.5. The van der Waals surface area contributed by atoms with Crippen molar-refractivity contribution in [3.63, 3.8) is 0 Å². The van der Waals surface area contributed by atoms with E-state index in [1.807, 2.05) is 12.3 Å². The molecule has 21 heavy (non-hydrogen) atoms. The lowest BCUT2D eigenvalue weighted by molar-refractivity contribution is -0.0117. The molecule has 0 aromatic carbocycles. The second-order valence-corrected chi connectivity index (χ2v) is 5.80. The van der Waals surface area contributed by atoms with Gasteiger partial charge in [-0.25, -0.2) is 0 Å². The van der Waals surface area contributed by atoms with Crippen LogP contribution in [0.2, 0.25) is 0 Å².